The summed E-state index contributed by atoms with van der Waals surface area (Å²) in [5.74, 6) is 0. The first-order valence-corrected chi connectivity index (χ1v) is 3.35. The van der Waals surface area contributed by atoms with Crippen molar-refractivity contribution in [3.05, 3.63) is 41.1 Å². The van der Waals surface area contributed by atoms with E-state index in [9.17, 15) is 13.2 Å². The molecule has 0 aliphatic rings. The lowest BCUT2D eigenvalue weighted by atomic mass is 10.1. The largest absolute Gasteiger partial charge is 0.674 e. The van der Waals surface area contributed by atoms with Crippen molar-refractivity contribution < 1.29 is 13.2 Å². The van der Waals surface area contributed by atoms with Gasteiger partial charge in [-0.05, 0) is 12.1 Å². The van der Waals surface area contributed by atoms with Gasteiger partial charge < -0.3 is 5.73 Å². The molecule has 0 fully saturated rings. The van der Waals surface area contributed by atoms with Gasteiger partial charge >= 0.3 is 6.18 Å². The van der Waals surface area contributed by atoms with E-state index in [1.807, 2.05) is 0 Å². The van der Waals surface area contributed by atoms with Gasteiger partial charge in [0.15, 0.2) is 0 Å². The highest BCUT2D eigenvalue weighted by Gasteiger charge is 2.29. The Labute approximate surface area is 68.0 Å². The van der Waals surface area contributed by atoms with E-state index in [1.165, 1.54) is 12.1 Å². The Morgan fingerprint density at radius 2 is 1.58 bits per heavy atom. The van der Waals surface area contributed by atoms with Crippen LogP contribution in [0.5, 0.6) is 0 Å². The van der Waals surface area contributed by atoms with Gasteiger partial charge in [0.2, 0.25) is 0 Å². The predicted molar refractivity (Wildman–Crippen MR) is 39.5 cm³/mol. The second-order valence-corrected chi connectivity index (χ2v) is 2.37. The fourth-order valence-electron chi connectivity index (χ4n) is 0.812. The fourth-order valence-corrected chi connectivity index (χ4v) is 0.812. The molecule has 0 aliphatic heterocycles. The maximum atomic E-state index is 12.0. The summed E-state index contributed by atoms with van der Waals surface area (Å²) in [6.45, 7) is 0.0120. The number of halogens is 3. The summed E-state index contributed by atoms with van der Waals surface area (Å²) in [4.78, 5) is 0. The summed E-state index contributed by atoms with van der Waals surface area (Å²) >= 11 is 0. The summed E-state index contributed by atoms with van der Waals surface area (Å²) in [5.41, 5.74) is 6.81. The van der Waals surface area contributed by atoms with Crippen LogP contribution in [-0.2, 0) is 12.7 Å². The first-order valence-electron chi connectivity index (χ1n) is 3.35. The Kier molecular flexibility index (Phi) is 2.38. The van der Waals surface area contributed by atoms with Gasteiger partial charge in [0, 0.05) is 0 Å². The molecular weight excluding hydrogens is 167 g/mol. The fraction of sp³-hybridized carbons (Fsp3) is 0.250. The Hall–Kier alpha value is -1.03. The Bertz CT molecular complexity index is 250. The lowest BCUT2D eigenvalue weighted by molar-refractivity contribution is -0.137. The van der Waals surface area contributed by atoms with Gasteiger partial charge in [-0.15, -0.1) is 6.54 Å². The summed E-state index contributed by atoms with van der Waals surface area (Å²) < 4.78 is 35.9. The molecule has 0 atom stereocenters. The minimum Gasteiger partial charge on any atom is -0.674 e. The molecule has 0 heterocycles. The summed E-state index contributed by atoms with van der Waals surface area (Å²) in [6.07, 6.45) is -4.28. The number of hydrogen-bond donors (Lipinski definition) is 0. The van der Waals surface area contributed by atoms with Crippen molar-refractivity contribution in [1.82, 2.24) is 0 Å². The number of hydrogen-bond acceptors (Lipinski definition) is 0. The summed E-state index contributed by atoms with van der Waals surface area (Å²) in [5, 5.41) is 0. The van der Waals surface area contributed by atoms with Crippen LogP contribution in [0.25, 0.3) is 5.73 Å². The number of rotatable bonds is 1. The van der Waals surface area contributed by atoms with Crippen LogP contribution in [0.15, 0.2) is 24.3 Å². The Morgan fingerprint density at radius 1 is 1.08 bits per heavy atom. The Morgan fingerprint density at radius 3 is 1.92 bits per heavy atom. The van der Waals surface area contributed by atoms with Crippen LogP contribution < -0.4 is 0 Å². The van der Waals surface area contributed by atoms with Gasteiger partial charge in [-0.1, -0.05) is 17.7 Å². The number of nitrogens with one attached hydrogen (secondary N) is 1. The molecule has 1 aromatic carbocycles. The van der Waals surface area contributed by atoms with E-state index >= 15 is 0 Å². The van der Waals surface area contributed by atoms with Crippen molar-refractivity contribution in [2.75, 3.05) is 0 Å². The zero-order chi connectivity index (χ0) is 9.19. The van der Waals surface area contributed by atoms with Crippen LogP contribution in [-0.4, -0.2) is 0 Å². The number of benzene rings is 1. The van der Waals surface area contributed by atoms with Crippen molar-refractivity contribution in [3.8, 4) is 0 Å². The quantitative estimate of drug-likeness (QED) is 0.624. The highest BCUT2D eigenvalue weighted by atomic mass is 19.4. The van der Waals surface area contributed by atoms with E-state index in [4.69, 9.17) is 5.73 Å². The molecule has 4 heteroatoms. The average molecular weight is 174 g/mol. The highest BCUT2D eigenvalue weighted by molar-refractivity contribution is 5.24. The van der Waals surface area contributed by atoms with Crippen LogP contribution in [0, 0.1) is 0 Å². The molecular formula is C8H7F3N-. The zero-order valence-corrected chi connectivity index (χ0v) is 6.15. The number of alkyl halides is 3. The molecule has 1 nitrogen and oxygen atoms in total. The molecule has 0 saturated carbocycles. The first kappa shape index (κ1) is 9.06. The lowest BCUT2D eigenvalue weighted by Gasteiger charge is -2.07. The van der Waals surface area contributed by atoms with Crippen LogP contribution in [0.2, 0.25) is 0 Å². The monoisotopic (exact) mass is 174 g/mol. The van der Waals surface area contributed by atoms with Crippen molar-refractivity contribution in [2.24, 2.45) is 0 Å². The maximum Gasteiger partial charge on any atom is 0.416 e. The third kappa shape index (κ3) is 1.98. The van der Waals surface area contributed by atoms with Gasteiger partial charge in [-0.2, -0.15) is 13.2 Å². The second kappa shape index (κ2) is 3.15. The summed E-state index contributed by atoms with van der Waals surface area (Å²) in [7, 11) is 0. The normalized spacial score (nSPS) is 11.7. The topological polar surface area (TPSA) is 23.8 Å². The highest BCUT2D eigenvalue weighted by Crippen LogP contribution is 2.28. The lowest BCUT2D eigenvalue weighted by Crippen LogP contribution is -2.04. The molecule has 0 amide bonds. The SMILES string of the molecule is [NH-]Cc1ccc(C(F)(F)F)cc1. The first-order chi connectivity index (χ1) is 5.54. The smallest absolute Gasteiger partial charge is 0.416 e. The van der Waals surface area contributed by atoms with Crippen LogP contribution in [0.4, 0.5) is 13.2 Å². The summed E-state index contributed by atoms with van der Waals surface area (Å²) in [6, 6.07) is 4.61. The molecule has 0 unspecified atom stereocenters. The average Bonchev–Trinajstić information content (AvgIpc) is 2.03. The molecule has 0 aliphatic carbocycles. The minimum atomic E-state index is -4.28. The molecule has 0 aromatic heterocycles. The van der Waals surface area contributed by atoms with Crippen molar-refractivity contribution in [3.63, 3.8) is 0 Å². The van der Waals surface area contributed by atoms with E-state index < -0.39 is 11.7 Å². The third-order valence-electron chi connectivity index (χ3n) is 1.49. The predicted octanol–water partition coefficient (Wildman–Crippen LogP) is 3.26. The van der Waals surface area contributed by atoms with Gasteiger partial charge in [0.1, 0.15) is 0 Å². The second-order valence-electron chi connectivity index (χ2n) is 2.37. The molecule has 0 spiro atoms. The van der Waals surface area contributed by atoms with E-state index in [0.29, 0.717) is 5.56 Å². The van der Waals surface area contributed by atoms with Crippen LogP contribution in [0.1, 0.15) is 11.1 Å². The maximum absolute atomic E-state index is 12.0. The van der Waals surface area contributed by atoms with E-state index in [0.717, 1.165) is 12.1 Å². The standard InChI is InChI=1S/C8H7F3N/c9-8(10,11)7-3-1-6(5-12)2-4-7/h1-4,12H,5H2/q-1. The van der Waals surface area contributed by atoms with E-state index in [1.54, 1.807) is 0 Å². The molecule has 1 rings (SSSR count). The zero-order valence-electron chi connectivity index (χ0n) is 6.15. The van der Waals surface area contributed by atoms with Crippen LogP contribution in [0.3, 0.4) is 0 Å². The molecule has 1 N–H and O–H groups in total. The Balaban J connectivity index is 2.93. The molecule has 0 radical (unpaired) electrons. The van der Waals surface area contributed by atoms with E-state index in [2.05, 4.69) is 0 Å². The van der Waals surface area contributed by atoms with Crippen LogP contribution >= 0.6 is 0 Å². The molecule has 0 bridgehead atoms. The molecule has 1 aromatic rings. The van der Waals surface area contributed by atoms with Gasteiger partial charge in [0.25, 0.3) is 0 Å². The third-order valence-corrected chi connectivity index (χ3v) is 1.49. The van der Waals surface area contributed by atoms with Crippen molar-refractivity contribution in [2.45, 2.75) is 12.7 Å². The van der Waals surface area contributed by atoms with Gasteiger partial charge in [0.05, 0.1) is 5.56 Å². The van der Waals surface area contributed by atoms with Gasteiger partial charge in [-0.25, -0.2) is 0 Å². The molecule has 12 heavy (non-hydrogen) atoms. The molecule has 66 valence electrons. The van der Waals surface area contributed by atoms with Gasteiger partial charge in [-0.3, -0.25) is 0 Å². The van der Waals surface area contributed by atoms with E-state index in [-0.39, 0.29) is 6.54 Å². The molecule has 0 saturated heterocycles. The van der Waals surface area contributed by atoms with Crippen molar-refractivity contribution >= 4 is 0 Å². The minimum absolute atomic E-state index is 0.0120. The van der Waals surface area contributed by atoms with Crippen molar-refractivity contribution in [1.29, 1.82) is 0 Å².